The lowest BCUT2D eigenvalue weighted by Gasteiger charge is -2.18. The average Bonchev–Trinajstić information content (AvgIpc) is 3.21. The monoisotopic (exact) mass is 498 g/mol. The fourth-order valence-corrected chi connectivity index (χ4v) is 4.74. The van der Waals surface area contributed by atoms with Crippen LogP contribution in [0.1, 0.15) is 11.3 Å². The summed E-state index contributed by atoms with van der Waals surface area (Å²) in [5.74, 6) is 1.43. The number of aliphatic hydroxyl groups is 1. The molecule has 0 saturated carbocycles. The van der Waals surface area contributed by atoms with Gasteiger partial charge in [-0.2, -0.15) is 0 Å². The van der Waals surface area contributed by atoms with Crippen LogP contribution in [0.5, 0.6) is 11.6 Å². The second-order valence-corrected chi connectivity index (χ2v) is 9.17. The van der Waals surface area contributed by atoms with Crippen molar-refractivity contribution in [1.82, 2.24) is 25.2 Å². The molecule has 1 fully saturated rings. The number of carbonyl (C=O) groups is 1. The number of methoxy groups -OCH3 is 1. The molecule has 3 N–H and O–H groups in total. The number of amides is 1. The second-order valence-electron chi connectivity index (χ2n) is 8.76. The number of hydrogen-bond acceptors (Lipinski definition) is 9. The number of rotatable bonds is 8. The number of anilines is 1. The van der Waals surface area contributed by atoms with Crippen molar-refractivity contribution in [2.45, 2.75) is 19.1 Å². The Morgan fingerprint density at radius 3 is 3.03 bits per heavy atom. The molecule has 5 rings (SSSR count). The van der Waals surface area contributed by atoms with Crippen LogP contribution in [0.4, 0.5) is 5.82 Å². The van der Waals surface area contributed by atoms with Crippen LogP contribution in [0.25, 0.3) is 11.0 Å². The van der Waals surface area contributed by atoms with Gasteiger partial charge in [0.15, 0.2) is 18.2 Å². The number of nitrogens with one attached hydrogen (secondary N) is 2. The number of aliphatic hydroxyl groups excluding tert-OH is 1. The summed E-state index contributed by atoms with van der Waals surface area (Å²) >= 11 is 6.46. The third-order valence-corrected chi connectivity index (χ3v) is 6.68. The summed E-state index contributed by atoms with van der Waals surface area (Å²) in [6.45, 7) is 3.31. The number of fused-ring (bicyclic) bond motifs is 2. The summed E-state index contributed by atoms with van der Waals surface area (Å²) in [5.41, 5.74) is 3.24. The third kappa shape index (κ3) is 5.30. The van der Waals surface area contributed by atoms with E-state index in [2.05, 4.69) is 30.5 Å². The number of pyridine rings is 3. The van der Waals surface area contributed by atoms with Gasteiger partial charge < -0.3 is 30.1 Å². The molecule has 5 heterocycles. The first-order valence-corrected chi connectivity index (χ1v) is 11.9. The highest BCUT2D eigenvalue weighted by atomic mass is 35.5. The van der Waals surface area contributed by atoms with Crippen molar-refractivity contribution in [3.63, 3.8) is 0 Å². The number of β-amino-alcohol motifs (C(OH)–C–C–N with tert-alkyl or cyclic N) is 1. The van der Waals surface area contributed by atoms with E-state index in [4.69, 9.17) is 21.1 Å². The van der Waals surface area contributed by atoms with Crippen LogP contribution in [0, 0.1) is 5.92 Å². The van der Waals surface area contributed by atoms with E-state index >= 15 is 0 Å². The number of aromatic nitrogens is 3. The number of carbonyl (C=O) groups excluding carboxylic acids is 1. The Morgan fingerprint density at radius 1 is 1.29 bits per heavy atom. The molecule has 0 unspecified atom stereocenters. The minimum atomic E-state index is -0.422. The Balaban J connectivity index is 1.15. The molecule has 0 bridgehead atoms. The summed E-state index contributed by atoms with van der Waals surface area (Å²) < 4.78 is 10.6. The molecule has 10 nitrogen and oxygen atoms in total. The molecular weight excluding hydrogens is 472 g/mol. The first-order valence-electron chi connectivity index (χ1n) is 11.5. The van der Waals surface area contributed by atoms with Crippen LogP contribution in [-0.2, 0) is 17.8 Å². The normalized spacial score (nSPS) is 19.9. The van der Waals surface area contributed by atoms with Gasteiger partial charge in [-0.15, -0.1) is 0 Å². The van der Waals surface area contributed by atoms with Gasteiger partial charge in [0.1, 0.15) is 0 Å². The maximum atomic E-state index is 11.5. The van der Waals surface area contributed by atoms with E-state index in [9.17, 15) is 9.90 Å². The van der Waals surface area contributed by atoms with Gasteiger partial charge in [-0.1, -0.05) is 11.6 Å². The smallest absolute Gasteiger partial charge is 0.263 e. The Bertz CT molecular complexity index is 1240. The van der Waals surface area contributed by atoms with E-state index in [1.54, 1.807) is 19.4 Å². The number of ether oxygens (including phenoxy) is 2. The van der Waals surface area contributed by atoms with Gasteiger partial charge in [0.05, 0.1) is 35.0 Å². The van der Waals surface area contributed by atoms with Crippen molar-refractivity contribution in [2.24, 2.45) is 5.92 Å². The first kappa shape index (κ1) is 23.7. The van der Waals surface area contributed by atoms with Crippen LogP contribution >= 0.6 is 11.6 Å². The van der Waals surface area contributed by atoms with Crippen molar-refractivity contribution < 1.29 is 19.4 Å². The zero-order valence-electron chi connectivity index (χ0n) is 19.3. The molecule has 2 atom stereocenters. The molecule has 0 radical (unpaired) electrons. The molecule has 184 valence electrons. The molecule has 3 aromatic heterocycles. The van der Waals surface area contributed by atoms with Crippen LogP contribution in [0.2, 0.25) is 5.02 Å². The molecular formula is C24H27ClN6O4. The lowest BCUT2D eigenvalue weighted by molar-refractivity contribution is -0.118. The van der Waals surface area contributed by atoms with Crippen LogP contribution in [-0.4, -0.2) is 76.9 Å². The quantitative estimate of drug-likeness (QED) is 0.425. The van der Waals surface area contributed by atoms with Crippen molar-refractivity contribution >= 4 is 34.4 Å². The standard InChI is InChI=1S/C24H27ClN6O4/c1-34-22-5-3-18-23(30-22)16(17(25)10-27-18)6-7-31-11-14(19(32)12-31)8-26-9-15-2-4-20-24(28-15)29-21(33)13-35-20/h2-5,10,14,19,26,32H,6-9,11-13H2,1H3,(H,28,29,33)/t14-,19+/m0/s1. The minimum absolute atomic E-state index is 0.0106. The Labute approximate surface area is 207 Å². The van der Waals surface area contributed by atoms with Crippen LogP contribution in [0.3, 0.4) is 0 Å². The molecule has 1 saturated heterocycles. The van der Waals surface area contributed by atoms with E-state index < -0.39 is 6.10 Å². The summed E-state index contributed by atoms with van der Waals surface area (Å²) in [7, 11) is 1.58. The number of nitrogens with zero attached hydrogens (tertiary/aromatic N) is 4. The van der Waals surface area contributed by atoms with E-state index in [0.717, 1.165) is 35.4 Å². The molecule has 1 amide bonds. The van der Waals surface area contributed by atoms with E-state index in [-0.39, 0.29) is 18.4 Å². The first-order chi connectivity index (χ1) is 17.0. The highest BCUT2D eigenvalue weighted by Crippen LogP contribution is 2.27. The second kappa shape index (κ2) is 10.3. The van der Waals surface area contributed by atoms with Gasteiger partial charge in [-0.3, -0.25) is 9.78 Å². The lowest BCUT2D eigenvalue weighted by Crippen LogP contribution is -2.31. The summed E-state index contributed by atoms with van der Waals surface area (Å²) in [6, 6.07) is 7.33. The zero-order chi connectivity index (χ0) is 24.4. The topological polar surface area (TPSA) is 122 Å². The van der Waals surface area contributed by atoms with E-state index in [0.29, 0.717) is 48.5 Å². The molecule has 0 spiro atoms. The summed E-state index contributed by atoms with van der Waals surface area (Å²) in [5, 5.41) is 17.3. The van der Waals surface area contributed by atoms with Crippen LogP contribution < -0.4 is 20.1 Å². The largest absolute Gasteiger partial charge is 0.481 e. The molecule has 11 heteroatoms. The van der Waals surface area contributed by atoms with E-state index in [1.807, 2.05) is 18.2 Å². The lowest BCUT2D eigenvalue weighted by atomic mass is 10.1. The SMILES string of the molecule is COc1ccc2ncc(Cl)c(CCN3C[C@H](CNCc4ccc5c(n4)NC(=O)CO5)[C@H](O)C3)c2n1. The van der Waals surface area contributed by atoms with Crippen LogP contribution in [0.15, 0.2) is 30.5 Å². The van der Waals surface area contributed by atoms with Gasteiger partial charge in [-0.25, -0.2) is 9.97 Å². The highest BCUT2D eigenvalue weighted by Gasteiger charge is 2.31. The van der Waals surface area contributed by atoms with Gasteiger partial charge >= 0.3 is 0 Å². The van der Waals surface area contributed by atoms with Crippen molar-refractivity contribution in [1.29, 1.82) is 0 Å². The maximum Gasteiger partial charge on any atom is 0.263 e. The Morgan fingerprint density at radius 2 is 2.17 bits per heavy atom. The highest BCUT2D eigenvalue weighted by molar-refractivity contribution is 6.32. The summed E-state index contributed by atoms with van der Waals surface area (Å²) in [4.78, 5) is 27.1. The molecule has 2 aliphatic heterocycles. The fourth-order valence-electron chi connectivity index (χ4n) is 4.51. The fraction of sp³-hybridized carbons (Fsp3) is 0.417. The predicted octanol–water partition coefficient (Wildman–Crippen LogP) is 1.64. The maximum absolute atomic E-state index is 11.5. The average molecular weight is 499 g/mol. The van der Waals surface area contributed by atoms with Crippen molar-refractivity contribution in [2.75, 3.05) is 45.2 Å². The molecule has 0 aromatic carbocycles. The zero-order valence-corrected chi connectivity index (χ0v) is 20.1. The van der Waals surface area contributed by atoms with E-state index in [1.165, 1.54) is 0 Å². The number of likely N-dealkylation sites (tertiary alicyclic amines) is 1. The summed E-state index contributed by atoms with van der Waals surface area (Å²) in [6.07, 6.45) is 1.93. The Kier molecular flexibility index (Phi) is 6.96. The van der Waals surface area contributed by atoms with Gasteiger partial charge in [0.25, 0.3) is 5.91 Å². The van der Waals surface area contributed by atoms with Crippen molar-refractivity contribution in [3.05, 3.63) is 46.7 Å². The Hall–Kier alpha value is -3.05. The minimum Gasteiger partial charge on any atom is -0.481 e. The predicted molar refractivity (Wildman–Crippen MR) is 131 cm³/mol. The number of hydrogen-bond donors (Lipinski definition) is 3. The van der Waals surface area contributed by atoms with Gasteiger partial charge in [0.2, 0.25) is 5.88 Å². The molecule has 3 aromatic rings. The van der Waals surface area contributed by atoms with Gasteiger partial charge in [-0.05, 0) is 24.6 Å². The van der Waals surface area contributed by atoms with Crippen molar-refractivity contribution in [3.8, 4) is 11.6 Å². The molecule has 0 aliphatic carbocycles. The molecule has 35 heavy (non-hydrogen) atoms. The third-order valence-electron chi connectivity index (χ3n) is 6.35. The molecule has 2 aliphatic rings. The number of halogens is 1. The van der Waals surface area contributed by atoms with Gasteiger partial charge in [0, 0.05) is 56.5 Å².